The predicted octanol–water partition coefficient (Wildman–Crippen LogP) is 3.60. The highest BCUT2D eigenvalue weighted by Gasteiger charge is 2.25. The fourth-order valence-electron chi connectivity index (χ4n) is 3.18. The van der Waals surface area contributed by atoms with Crippen LogP contribution >= 0.6 is 0 Å². The monoisotopic (exact) mass is 294 g/mol. The number of hydrogen-bond donors (Lipinski definition) is 1. The van der Waals surface area contributed by atoms with E-state index in [0.717, 1.165) is 37.1 Å². The first-order valence-corrected chi connectivity index (χ1v) is 7.85. The van der Waals surface area contributed by atoms with Crippen LogP contribution in [-0.4, -0.2) is 23.9 Å². The molecule has 1 amide bonds. The maximum atomic E-state index is 12.7. The molecule has 1 saturated heterocycles. The molecule has 2 N–H and O–H groups in total. The summed E-state index contributed by atoms with van der Waals surface area (Å²) in [5.41, 5.74) is 9.58. The molecule has 0 radical (unpaired) electrons. The van der Waals surface area contributed by atoms with Crippen LogP contribution in [0.1, 0.15) is 40.2 Å². The summed E-state index contributed by atoms with van der Waals surface area (Å²) in [7, 11) is 0. The fraction of sp³-hybridized carbons (Fsp3) is 0.316. The molecule has 3 nitrogen and oxygen atoms in total. The molecule has 1 heterocycles. The highest BCUT2D eigenvalue weighted by molar-refractivity contribution is 5.96. The standard InChI is InChI=1S/C19H22N2O/c1-14-7-8-17(20)13-18(14)19(22)21-11-9-16(10-12-21)15-5-3-2-4-6-15/h2-8,13,16H,9-12,20H2,1H3. The van der Waals surface area contributed by atoms with Crippen molar-refractivity contribution in [3.8, 4) is 0 Å². The van der Waals surface area contributed by atoms with Crippen LogP contribution in [0.15, 0.2) is 48.5 Å². The second-order valence-electron chi connectivity index (χ2n) is 6.05. The van der Waals surface area contributed by atoms with E-state index in [1.54, 1.807) is 6.07 Å². The first-order valence-electron chi connectivity index (χ1n) is 7.85. The normalized spacial score (nSPS) is 15.8. The number of benzene rings is 2. The zero-order valence-electron chi connectivity index (χ0n) is 13.0. The highest BCUT2D eigenvalue weighted by atomic mass is 16.2. The second-order valence-corrected chi connectivity index (χ2v) is 6.05. The molecule has 3 rings (SSSR count). The van der Waals surface area contributed by atoms with Crippen molar-refractivity contribution in [1.82, 2.24) is 4.90 Å². The summed E-state index contributed by atoms with van der Waals surface area (Å²) in [5, 5.41) is 0. The summed E-state index contributed by atoms with van der Waals surface area (Å²) in [5.74, 6) is 0.670. The number of rotatable bonds is 2. The van der Waals surface area contributed by atoms with Crippen LogP contribution in [0.5, 0.6) is 0 Å². The van der Waals surface area contributed by atoms with Gasteiger partial charge in [-0.05, 0) is 48.9 Å². The smallest absolute Gasteiger partial charge is 0.254 e. The maximum Gasteiger partial charge on any atom is 0.254 e. The predicted molar refractivity (Wildman–Crippen MR) is 89.9 cm³/mol. The lowest BCUT2D eigenvalue weighted by atomic mass is 9.89. The SMILES string of the molecule is Cc1ccc(N)cc1C(=O)N1CCC(c2ccccc2)CC1. The molecule has 2 aromatic rings. The van der Waals surface area contributed by atoms with Crippen LogP contribution in [0.2, 0.25) is 0 Å². The second kappa shape index (κ2) is 6.22. The van der Waals surface area contributed by atoms with E-state index in [0.29, 0.717) is 11.6 Å². The number of nitrogens with two attached hydrogens (primary N) is 1. The number of likely N-dealkylation sites (tertiary alicyclic amines) is 1. The van der Waals surface area contributed by atoms with E-state index >= 15 is 0 Å². The van der Waals surface area contributed by atoms with E-state index in [1.165, 1.54) is 5.56 Å². The average Bonchev–Trinajstić information content (AvgIpc) is 2.57. The van der Waals surface area contributed by atoms with Crippen LogP contribution in [0.3, 0.4) is 0 Å². The Labute approximate surface area is 131 Å². The number of hydrogen-bond acceptors (Lipinski definition) is 2. The third kappa shape index (κ3) is 2.98. The quantitative estimate of drug-likeness (QED) is 0.860. The van der Waals surface area contributed by atoms with E-state index in [-0.39, 0.29) is 5.91 Å². The minimum absolute atomic E-state index is 0.108. The Morgan fingerprint density at radius 1 is 1.09 bits per heavy atom. The molecule has 1 aliphatic rings. The van der Waals surface area contributed by atoms with Gasteiger partial charge in [-0.2, -0.15) is 0 Å². The van der Waals surface area contributed by atoms with Crippen LogP contribution in [0.4, 0.5) is 5.69 Å². The summed E-state index contributed by atoms with van der Waals surface area (Å²) in [6, 6.07) is 16.1. The van der Waals surface area contributed by atoms with Gasteiger partial charge in [0.05, 0.1) is 0 Å². The van der Waals surface area contributed by atoms with E-state index in [1.807, 2.05) is 30.0 Å². The third-order valence-electron chi connectivity index (χ3n) is 4.55. The molecular weight excluding hydrogens is 272 g/mol. The van der Waals surface area contributed by atoms with Gasteiger partial charge in [-0.1, -0.05) is 36.4 Å². The molecule has 0 saturated carbocycles. The minimum Gasteiger partial charge on any atom is -0.399 e. The van der Waals surface area contributed by atoms with Gasteiger partial charge in [-0.25, -0.2) is 0 Å². The van der Waals surface area contributed by atoms with Crippen molar-refractivity contribution in [3.05, 3.63) is 65.2 Å². The number of nitrogen functional groups attached to an aromatic ring is 1. The number of nitrogens with zero attached hydrogens (tertiary/aromatic N) is 1. The number of carbonyl (C=O) groups is 1. The minimum atomic E-state index is 0.108. The van der Waals surface area contributed by atoms with Crippen molar-refractivity contribution in [2.75, 3.05) is 18.8 Å². The van der Waals surface area contributed by atoms with Gasteiger partial charge in [0.2, 0.25) is 0 Å². The van der Waals surface area contributed by atoms with Gasteiger partial charge >= 0.3 is 0 Å². The Morgan fingerprint density at radius 3 is 2.45 bits per heavy atom. The van der Waals surface area contributed by atoms with Crippen molar-refractivity contribution < 1.29 is 4.79 Å². The van der Waals surface area contributed by atoms with Gasteiger partial charge in [0.1, 0.15) is 0 Å². The van der Waals surface area contributed by atoms with Gasteiger partial charge < -0.3 is 10.6 Å². The largest absolute Gasteiger partial charge is 0.399 e. The van der Waals surface area contributed by atoms with Gasteiger partial charge in [0.25, 0.3) is 5.91 Å². The summed E-state index contributed by atoms with van der Waals surface area (Å²) in [6.45, 7) is 3.59. The molecule has 3 heteroatoms. The van der Waals surface area contributed by atoms with E-state index in [2.05, 4.69) is 24.3 Å². The lowest BCUT2D eigenvalue weighted by molar-refractivity contribution is 0.0712. The molecule has 2 aromatic carbocycles. The Kier molecular flexibility index (Phi) is 4.14. The van der Waals surface area contributed by atoms with Crippen LogP contribution in [0.25, 0.3) is 0 Å². The molecule has 1 fully saturated rings. The molecule has 1 aliphatic heterocycles. The molecule has 0 bridgehead atoms. The summed E-state index contributed by atoms with van der Waals surface area (Å²) < 4.78 is 0. The molecule has 22 heavy (non-hydrogen) atoms. The van der Waals surface area contributed by atoms with Crippen molar-refractivity contribution in [3.63, 3.8) is 0 Å². The Morgan fingerprint density at radius 2 is 1.77 bits per heavy atom. The molecule has 114 valence electrons. The Balaban J connectivity index is 1.68. The molecular formula is C19H22N2O. The van der Waals surface area contributed by atoms with Crippen molar-refractivity contribution >= 4 is 11.6 Å². The van der Waals surface area contributed by atoms with Crippen molar-refractivity contribution in [2.24, 2.45) is 0 Å². The number of aryl methyl sites for hydroxylation is 1. The topological polar surface area (TPSA) is 46.3 Å². The Hall–Kier alpha value is -2.29. The van der Waals surface area contributed by atoms with Crippen LogP contribution in [-0.2, 0) is 0 Å². The summed E-state index contributed by atoms with van der Waals surface area (Å²) >= 11 is 0. The van der Waals surface area contributed by atoms with E-state index in [4.69, 9.17) is 5.73 Å². The van der Waals surface area contributed by atoms with Crippen molar-refractivity contribution in [2.45, 2.75) is 25.7 Å². The Bertz CT molecular complexity index is 658. The summed E-state index contributed by atoms with van der Waals surface area (Å²) in [6.07, 6.45) is 2.05. The maximum absolute atomic E-state index is 12.7. The van der Waals surface area contributed by atoms with Crippen LogP contribution in [0, 0.1) is 6.92 Å². The molecule has 0 spiro atoms. The van der Waals surface area contributed by atoms with E-state index in [9.17, 15) is 4.79 Å². The molecule has 0 aromatic heterocycles. The van der Waals surface area contributed by atoms with Gasteiger partial charge in [0, 0.05) is 24.3 Å². The number of amides is 1. The number of anilines is 1. The summed E-state index contributed by atoms with van der Waals surface area (Å²) in [4.78, 5) is 14.6. The zero-order valence-corrected chi connectivity index (χ0v) is 13.0. The lowest BCUT2D eigenvalue weighted by Gasteiger charge is -2.32. The highest BCUT2D eigenvalue weighted by Crippen LogP contribution is 2.28. The molecule has 0 aliphatic carbocycles. The lowest BCUT2D eigenvalue weighted by Crippen LogP contribution is -2.38. The molecule has 0 unspecified atom stereocenters. The fourth-order valence-corrected chi connectivity index (χ4v) is 3.18. The van der Waals surface area contributed by atoms with Gasteiger partial charge in [-0.15, -0.1) is 0 Å². The number of carbonyl (C=O) groups excluding carboxylic acids is 1. The first-order chi connectivity index (χ1) is 10.6. The molecule has 0 atom stereocenters. The zero-order chi connectivity index (χ0) is 15.5. The third-order valence-corrected chi connectivity index (χ3v) is 4.55. The van der Waals surface area contributed by atoms with Crippen molar-refractivity contribution in [1.29, 1.82) is 0 Å². The van der Waals surface area contributed by atoms with Crippen LogP contribution < -0.4 is 5.73 Å². The number of piperidine rings is 1. The average molecular weight is 294 g/mol. The van der Waals surface area contributed by atoms with Gasteiger partial charge in [0.15, 0.2) is 0 Å². The first kappa shape index (κ1) is 14.6. The van der Waals surface area contributed by atoms with Gasteiger partial charge in [-0.3, -0.25) is 4.79 Å². The van der Waals surface area contributed by atoms with E-state index < -0.39 is 0 Å².